The highest BCUT2D eigenvalue weighted by Crippen LogP contribution is 2.25. The minimum atomic E-state index is -0.513. The molecule has 0 unspecified atom stereocenters. The van der Waals surface area contributed by atoms with Crippen LogP contribution in [0, 0.1) is 0 Å². The summed E-state index contributed by atoms with van der Waals surface area (Å²) in [7, 11) is 0. The maximum Gasteiger partial charge on any atom is 0.338 e. The zero-order valence-corrected chi connectivity index (χ0v) is 11.8. The first-order valence-electron chi connectivity index (χ1n) is 6.94. The summed E-state index contributed by atoms with van der Waals surface area (Å²) >= 11 is 0. The van der Waals surface area contributed by atoms with Gasteiger partial charge in [0.2, 0.25) is 0 Å². The standard InChI is InChI=1S/C15H18O6/c1-10-13(20-9-18-10)14-12(7-17-8-19-14)21-15(16)11-5-3-2-4-6-11/h2-6,10,12-14H,7-9H2,1H3/t10-,12-,13-,14-/m0/s1. The molecular formula is C15H18O6. The van der Waals surface area contributed by atoms with Crippen molar-refractivity contribution in [1.29, 1.82) is 0 Å². The average Bonchev–Trinajstić information content (AvgIpc) is 2.95. The van der Waals surface area contributed by atoms with Crippen molar-refractivity contribution in [2.24, 2.45) is 0 Å². The molecule has 2 aliphatic heterocycles. The number of esters is 1. The van der Waals surface area contributed by atoms with Crippen LogP contribution in [-0.2, 0) is 23.7 Å². The normalized spacial score (nSPS) is 32.8. The molecule has 0 N–H and O–H groups in total. The Hall–Kier alpha value is -1.47. The van der Waals surface area contributed by atoms with Crippen LogP contribution in [0.2, 0.25) is 0 Å². The Morgan fingerprint density at radius 3 is 2.57 bits per heavy atom. The second kappa shape index (κ2) is 6.53. The van der Waals surface area contributed by atoms with Crippen molar-refractivity contribution in [3.63, 3.8) is 0 Å². The monoisotopic (exact) mass is 294 g/mol. The van der Waals surface area contributed by atoms with E-state index in [1.54, 1.807) is 24.3 Å². The number of hydrogen-bond acceptors (Lipinski definition) is 6. The summed E-state index contributed by atoms with van der Waals surface area (Å²) in [5.74, 6) is -0.397. The lowest BCUT2D eigenvalue weighted by Crippen LogP contribution is -2.51. The van der Waals surface area contributed by atoms with Gasteiger partial charge in [-0.05, 0) is 19.1 Å². The van der Waals surface area contributed by atoms with Gasteiger partial charge in [0.15, 0.2) is 6.10 Å². The van der Waals surface area contributed by atoms with Gasteiger partial charge in [-0.15, -0.1) is 0 Å². The van der Waals surface area contributed by atoms with E-state index in [2.05, 4.69) is 0 Å². The highest BCUT2D eigenvalue weighted by Gasteiger charge is 2.42. The first-order chi connectivity index (χ1) is 10.3. The molecule has 1 aromatic rings. The van der Waals surface area contributed by atoms with Gasteiger partial charge in [0.1, 0.15) is 25.8 Å². The number of hydrogen-bond donors (Lipinski definition) is 0. The maximum atomic E-state index is 12.1. The van der Waals surface area contributed by atoms with E-state index in [9.17, 15) is 4.79 Å². The molecule has 2 heterocycles. The van der Waals surface area contributed by atoms with Crippen LogP contribution in [0.25, 0.3) is 0 Å². The molecule has 0 aromatic heterocycles. The Balaban J connectivity index is 1.68. The zero-order chi connectivity index (χ0) is 14.7. The molecule has 3 rings (SSSR count). The summed E-state index contributed by atoms with van der Waals surface area (Å²) < 4.78 is 27.3. The summed E-state index contributed by atoms with van der Waals surface area (Å²) in [6.45, 7) is 2.59. The van der Waals surface area contributed by atoms with Crippen molar-refractivity contribution in [3.05, 3.63) is 35.9 Å². The third kappa shape index (κ3) is 3.24. The summed E-state index contributed by atoms with van der Waals surface area (Å²) in [4.78, 5) is 12.1. The summed E-state index contributed by atoms with van der Waals surface area (Å²) in [5.41, 5.74) is 0.499. The molecule has 0 spiro atoms. The van der Waals surface area contributed by atoms with Crippen LogP contribution in [0.3, 0.4) is 0 Å². The molecule has 114 valence electrons. The SMILES string of the molecule is C[C@@H]1OCO[C@@H]1[C@H]1OCOC[C@@H]1OC(=O)c1ccccc1. The summed E-state index contributed by atoms with van der Waals surface area (Å²) in [6.07, 6.45) is -1.27. The maximum absolute atomic E-state index is 12.1. The molecule has 6 nitrogen and oxygen atoms in total. The topological polar surface area (TPSA) is 63.2 Å². The van der Waals surface area contributed by atoms with Crippen molar-refractivity contribution in [2.45, 2.75) is 31.3 Å². The second-order valence-corrected chi connectivity index (χ2v) is 5.05. The molecule has 0 saturated carbocycles. The first-order valence-corrected chi connectivity index (χ1v) is 6.94. The first kappa shape index (κ1) is 14.5. The summed E-state index contributed by atoms with van der Waals surface area (Å²) in [5, 5.41) is 0. The van der Waals surface area contributed by atoms with Crippen LogP contribution in [0.4, 0.5) is 0 Å². The van der Waals surface area contributed by atoms with Crippen LogP contribution in [0.5, 0.6) is 0 Å². The van der Waals surface area contributed by atoms with Gasteiger partial charge in [-0.1, -0.05) is 18.2 Å². The van der Waals surface area contributed by atoms with Crippen molar-refractivity contribution in [2.75, 3.05) is 20.2 Å². The van der Waals surface area contributed by atoms with Gasteiger partial charge in [0.25, 0.3) is 0 Å². The molecule has 1 aromatic carbocycles. The predicted molar refractivity (Wildman–Crippen MR) is 71.6 cm³/mol. The van der Waals surface area contributed by atoms with E-state index in [-0.39, 0.29) is 38.5 Å². The van der Waals surface area contributed by atoms with Gasteiger partial charge in [-0.2, -0.15) is 0 Å². The fourth-order valence-corrected chi connectivity index (χ4v) is 2.50. The molecule has 2 aliphatic rings. The number of ether oxygens (including phenoxy) is 5. The van der Waals surface area contributed by atoms with Crippen LogP contribution in [0.1, 0.15) is 17.3 Å². The van der Waals surface area contributed by atoms with Gasteiger partial charge in [0.05, 0.1) is 18.3 Å². The molecule has 0 aliphatic carbocycles. The van der Waals surface area contributed by atoms with Gasteiger partial charge in [-0.3, -0.25) is 0 Å². The molecule has 2 fully saturated rings. The van der Waals surface area contributed by atoms with Crippen LogP contribution >= 0.6 is 0 Å². The molecule has 21 heavy (non-hydrogen) atoms. The van der Waals surface area contributed by atoms with Crippen LogP contribution in [-0.4, -0.2) is 50.6 Å². The Bertz CT molecular complexity index is 476. The molecule has 0 bridgehead atoms. The highest BCUT2D eigenvalue weighted by atomic mass is 16.7. The molecule has 6 heteroatoms. The second-order valence-electron chi connectivity index (χ2n) is 5.05. The van der Waals surface area contributed by atoms with Gasteiger partial charge < -0.3 is 23.7 Å². The minimum absolute atomic E-state index is 0.106. The van der Waals surface area contributed by atoms with E-state index >= 15 is 0 Å². The van der Waals surface area contributed by atoms with Gasteiger partial charge >= 0.3 is 5.97 Å². The number of rotatable bonds is 3. The quantitative estimate of drug-likeness (QED) is 0.784. The van der Waals surface area contributed by atoms with Crippen molar-refractivity contribution in [1.82, 2.24) is 0 Å². The predicted octanol–water partition coefficient (Wildman–Crippen LogP) is 1.35. The molecule has 0 amide bonds. The Morgan fingerprint density at radius 2 is 1.86 bits per heavy atom. The Kier molecular flexibility index (Phi) is 4.50. The fourth-order valence-electron chi connectivity index (χ4n) is 2.50. The van der Waals surface area contributed by atoms with E-state index < -0.39 is 12.1 Å². The molecule has 4 atom stereocenters. The van der Waals surface area contributed by atoms with Crippen molar-refractivity contribution >= 4 is 5.97 Å². The minimum Gasteiger partial charge on any atom is -0.453 e. The van der Waals surface area contributed by atoms with Crippen LogP contribution < -0.4 is 0 Å². The smallest absolute Gasteiger partial charge is 0.338 e. The lowest BCUT2D eigenvalue weighted by Gasteiger charge is -2.34. The van der Waals surface area contributed by atoms with Gasteiger partial charge in [-0.25, -0.2) is 4.79 Å². The highest BCUT2D eigenvalue weighted by molar-refractivity contribution is 5.89. The van der Waals surface area contributed by atoms with Gasteiger partial charge in [0, 0.05) is 0 Å². The van der Waals surface area contributed by atoms with Crippen molar-refractivity contribution in [3.8, 4) is 0 Å². The summed E-state index contributed by atoms with van der Waals surface area (Å²) in [6, 6.07) is 8.84. The van der Waals surface area contributed by atoms with E-state index in [1.165, 1.54) is 0 Å². The van der Waals surface area contributed by atoms with E-state index in [1.807, 2.05) is 13.0 Å². The van der Waals surface area contributed by atoms with E-state index in [4.69, 9.17) is 23.7 Å². The lowest BCUT2D eigenvalue weighted by molar-refractivity contribution is -0.221. The Labute approximate surface area is 122 Å². The lowest BCUT2D eigenvalue weighted by atomic mass is 10.0. The molecule has 0 radical (unpaired) electrons. The molecular weight excluding hydrogens is 276 g/mol. The van der Waals surface area contributed by atoms with Crippen LogP contribution in [0.15, 0.2) is 30.3 Å². The number of carbonyl (C=O) groups excluding carboxylic acids is 1. The number of benzene rings is 1. The fraction of sp³-hybridized carbons (Fsp3) is 0.533. The third-order valence-electron chi connectivity index (χ3n) is 3.64. The number of carbonyl (C=O) groups is 1. The van der Waals surface area contributed by atoms with Crippen molar-refractivity contribution < 1.29 is 28.5 Å². The van der Waals surface area contributed by atoms with E-state index in [0.29, 0.717) is 5.56 Å². The molecule has 2 saturated heterocycles. The Morgan fingerprint density at radius 1 is 1.10 bits per heavy atom. The zero-order valence-electron chi connectivity index (χ0n) is 11.8. The largest absolute Gasteiger partial charge is 0.453 e. The average molecular weight is 294 g/mol. The third-order valence-corrected chi connectivity index (χ3v) is 3.64. The van der Waals surface area contributed by atoms with E-state index in [0.717, 1.165) is 0 Å².